The summed E-state index contributed by atoms with van der Waals surface area (Å²) in [5.74, 6) is 0.378. The first-order valence-electron chi connectivity index (χ1n) is 6.61. The molecule has 1 unspecified atom stereocenters. The van der Waals surface area contributed by atoms with Crippen LogP contribution in [0.2, 0.25) is 0 Å². The largest absolute Gasteiger partial charge is 0.497 e. The summed E-state index contributed by atoms with van der Waals surface area (Å²) in [7, 11) is -1.95. The molecule has 0 saturated heterocycles. The molecule has 112 valence electrons. The molecule has 2 aromatic carbocycles. The molecule has 0 bridgehead atoms. The van der Waals surface area contributed by atoms with E-state index < -0.39 is 15.9 Å². The van der Waals surface area contributed by atoms with Crippen LogP contribution in [0.15, 0.2) is 53.4 Å². The zero-order chi connectivity index (χ0) is 15.5. The lowest BCUT2D eigenvalue weighted by Crippen LogP contribution is -2.21. The van der Waals surface area contributed by atoms with Crippen molar-refractivity contribution in [1.82, 2.24) is 0 Å². The van der Waals surface area contributed by atoms with Gasteiger partial charge in [-0.25, -0.2) is 8.42 Å². The Balaban J connectivity index is 2.22. The molecule has 0 amide bonds. The Morgan fingerprint density at radius 2 is 1.81 bits per heavy atom. The van der Waals surface area contributed by atoms with E-state index in [1.807, 2.05) is 31.2 Å². The number of sulfone groups is 1. The second-order valence-corrected chi connectivity index (χ2v) is 7.01. The lowest BCUT2D eigenvalue weighted by Gasteiger charge is -2.13. The van der Waals surface area contributed by atoms with Crippen molar-refractivity contribution in [3.8, 4) is 5.75 Å². The van der Waals surface area contributed by atoms with Crippen molar-refractivity contribution in [2.75, 3.05) is 12.9 Å². The van der Waals surface area contributed by atoms with Gasteiger partial charge in [0.15, 0.2) is 9.84 Å². The fourth-order valence-corrected chi connectivity index (χ4v) is 3.48. The minimum Gasteiger partial charge on any atom is -0.497 e. The Hall–Kier alpha value is -1.85. The number of nitrogens with two attached hydrogens (primary N) is 1. The van der Waals surface area contributed by atoms with Gasteiger partial charge in [-0.15, -0.1) is 0 Å². The fourth-order valence-electron chi connectivity index (χ4n) is 2.04. The third-order valence-electron chi connectivity index (χ3n) is 3.30. The van der Waals surface area contributed by atoms with Crippen molar-refractivity contribution in [3.63, 3.8) is 0 Å². The van der Waals surface area contributed by atoms with Crippen LogP contribution >= 0.6 is 0 Å². The van der Waals surface area contributed by atoms with Crippen molar-refractivity contribution >= 4 is 9.84 Å². The first-order valence-corrected chi connectivity index (χ1v) is 8.26. The van der Waals surface area contributed by atoms with Gasteiger partial charge in [0.1, 0.15) is 5.75 Å². The summed E-state index contributed by atoms with van der Waals surface area (Å²) >= 11 is 0. The topological polar surface area (TPSA) is 69.4 Å². The summed E-state index contributed by atoms with van der Waals surface area (Å²) in [6, 6.07) is 13.4. The van der Waals surface area contributed by atoms with Gasteiger partial charge in [0, 0.05) is 6.04 Å². The summed E-state index contributed by atoms with van der Waals surface area (Å²) in [4.78, 5) is 0.226. The highest BCUT2D eigenvalue weighted by molar-refractivity contribution is 7.91. The third-order valence-corrected chi connectivity index (χ3v) is 5.07. The van der Waals surface area contributed by atoms with Crippen LogP contribution in [-0.2, 0) is 9.84 Å². The second-order valence-electron chi connectivity index (χ2n) is 4.98. The van der Waals surface area contributed by atoms with Crippen molar-refractivity contribution < 1.29 is 13.2 Å². The van der Waals surface area contributed by atoms with Gasteiger partial charge in [-0.3, -0.25) is 0 Å². The Morgan fingerprint density at radius 3 is 2.43 bits per heavy atom. The summed E-state index contributed by atoms with van der Waals surface area (Å²) in [6.07, 6.45) is 0. The maximum Gasteiger partial charge on any atom is 0.180 e. The van der Waals surface area contributed by atoms with Gasteiger partial charge in [-0.1, -0.05) is 35.9 Å². The molecule has 0 radical (unpaired) electrons. The molecule has 0 aliphatic carbocycles. The van der Waals surface area contributed by atoms with Gasteiger partial charge in [-0.2, -0.15) is 0 Å². The molecule has 0 spiro atoms. The monoisotopic (exact) mass is 305 g/mol. The van der Waals surface area contributed by atoms with Crippen LogP contribution in [0.1, 0.15) is 17.2 Å². The van der Waals surface area contributed by atoms with Crippen LogP contribution in [0.25, 0.3) is 0 Å². The van der Waals surface area contributed by atoms with Crippen LogP contribution in [0.3, 0.4) is 0 Å². The molecule has 2 rings (SSSR count). The number of hydrogen-bond donors (Lipinski definition) is 1. The lowest BCUT2D eigenvalue weighted by molar-refractivity contribution is 0.413. The van der Waals surface area contributed by atoms with Crippen molar-refractivity contribution in [2.45, 2.75) is 17.9 Å². The average Bonchev–Trinajstić information content (AvgIpc) is 2.47. The SMILES string of the molecule is COc1cccc(S(=O)(=O)CC(N)c2ccc(C)cc2)c1. The molecule has 0 saturated carbocycles. The Labute approximate surface area is 125 Å². The fraction of sp³-hybridized carbons (Fsp3) is 0.250. The van der Waals surface area contributed by atoms with E-state index in [0.29, 0.717) is 5.75 Å². The number of methoxy groups -OCH3 is 1. The van der Waals surface area contributed by atoms with E-state index in [1.165, 1.54) is 13.2 Å². The van der Waals surface area contributed by atoms with E-state index in [4.69, 9.17) is 10.5 Å². The highest BCUT2D eigenvalue weighted by atomic mass is 32.2. The molecule has 5 heteroatoms. The van der Waals surface area contributed by atoms with Crippen LogP contribution in [0, 0.1) is 6.92 Å². The lowest BCUT2D eigenvalue weighted by atomic mass is 10.1. The quantitative estimate of drug-likeness (QED) is 0.921. The van der Waals surface area contributed by atoms with Crippen LogP contribution in [0.4, 0.5) is 0 Å². The predicted molar refractivity (Wildman–Crippen MR) is 83.2 cm³/mol. The first-order chi connectivity index (χ1) is 9.92. The van der Waals surface area contributed by atoms with Crippen LogP contribution in [0.5, 0.6) is 5.75 Å². The van der Waals surface area contributed by atoms with E-state index in [9.17, 15) is 8.42 Å². The average molecular weight is 305 g/mol. The predicted octanol–water partition coefficient (Wildman–Crippen LogP) is 2.48. The molecule has 2 aromatic rings. The number of rotatable bonds is 5. The second kappa shape index (κ2) is 6.28. The maximum absolute atomic E-state index is 12.4. The molecule has 2 N–H and O–H groups in total. The third kappa shape index (κ3) is 3.83. The number of hydrogen-bond acceptors (Lipinski definition) is 4. The van der Waals surface area contributed by atoms with Crippen LogP contribution < -0.4 is 10.5 Å². The van der Waals surface area contributed by atoms with E-state index >= 15 is 0 Å². The summed E-state index contributed by atoms with van der Waals surface area (Å²) in [6.45, 7) is 1.97. The molecular weight excluding hydrogens is 286 g/mol. The smallest absolute Gasteiger partial charge is 0.180 e. The zero-order valence-electron chi connectivity index (χ0n) is 12.1. The minimum atomic E-state index is -3.46. The van der Waals surface area contributed by atoms with Crippen molar-refractivity contribution in [3.05, 3.63) is 59.7 Å². The normalized spacial score (nSPS) is 12.9. The summed E-state index contributed by atoms with van der Waals surface area (Å²) < 4.78 is 29.9. The Kier molecular flexibility index (Phi) is 4.65. The van der Waals surface area contributed by atoms with Crippen molar-refractivity contribution in [2.24, 2.45) is 5.73 Å². The van der Waals surface area contributed by atoms with Crippen molar-refractivity contribution in [1.29, 1.82) is 0 Å². The van der Waals surface area contributed by atoms with Gasteiger partial charge in [-0.05, 0) is 30.7 Å². The number of aryl methyl sites for hydroxylation is 1. The van der Waals surface area contributed by atoms with Crippen LogP contribution in [-0.4, -0.2) is 21.3 Å². The van der Waals surface area contributed by atoms with E-state index in [2.05, 4.69) is 0 Å². The van der Waals surface area contributed by atoms with Gasteiger partial charge in [0.2, 0.25) is 0 Å². The maximum atomic E-state index is 12.4. The number of ether oxygens (including phenoxy) is 1. The summed E-state index contributed by atoms with van der Waals surface area (Å²) in [5, 5.41) is 0. The van der Waals surface area contributed by atoms with Gasteiger partial charge < -0.3 is 10.5 Å². The van der Waals surface area contributed by atoms with E-state index in [-0.39, 0.29) is 10.6 Å². The molecule has 0 fully saturated rings. The molecular formula is C16H19NO3S. The van der Waals surface area contributed by atoms with Gasteiger partial charge in [0.25, 0.3) is 0 Å². The molecule has 0 aliphatic rings. The summed E-state index contributed by atoms with van der Waals surface area (Å²) in [5.41, 5.74) is 7.95. The molecule has 0 aliphatic heterocycles. The molecule has 0 aromatic heterocycles. The van der Waals surface area contributed by atoms with E-state index in [0.717, 1.165) is 11.1 Å². The molecule has 21 heavy (non-hydrogen) atoms. The minimum absolute atomic E-state index is 0.136. The molecule has 0 heterocycles. The highest BCUT2D eigenvalue weighted by Crippen LogP contribution is 2.22. The number of benzene rings is 2. The Morgan fingerprint density at radius 1 is 1.14 bits per heavy atom. The first kappa shape index (κ1) is 15.5. The zero-order valence-corrected chi connectivity index (χ0v) is 12.9. The van der Waals surface area contributed by atoms with Gasteiger partial charge in [0.05, 0.1) is 17.8 Å². The molecule has 1 atom stereocenters. The highest BCUT2D eigenvalue weighted by Gasteiger charge is 2.20. The van der Waals surface area contributed by atoms with Gasteiger partial charge >= 0.3 is 0 Å². The Bertz CT molecular complexity index is 709. The molecule has 4 nitrogen and oxygen atoms in total. The standard InChI is InChI=1S/C16H19NO3S/c1-12-6-8-13(9-7-12)16(17)11-21(18,19)15-5-3-4-14(10-15)20-2/h3-10,16H,11,17H2,1-2H3. The van der Waals surface area contributed by atoms with E-state index in [1.54, 1.807) is 18.2 Å².